The van der Waals surface area contributed by atoms with Crippen LogP contribution in [0.4, 0.5) is 4.79 Å². The van der Waals surface area contributed by atoms with Crippen LogP contribution in [0.1, 0.15) is 50.7 Å². The lowest BCUT2D eigenvalue weighted by atomic mass is 9.95. The Morgan fingerprint density at radius 1 is 1.03 bits per heavy atom. The number of carboxylic acids is 1. The molecule has 2 aromatic rings. The molecule has 1 aliphatic heterocycles. The molecule has 2 N–H and O–H groups in total. The molecule has 1 unspecified atom stereocenters. The fraction of sp³-hybridized carbons (Fsp3) is 0.464. The van der Waals surface area contributed by atoms with Gasteiger partial charge in [-0.25, -0.2) is 4.79 Å². The third-order valence-corrected chi connectivity index (χ3v) is 7.16. The second kappa shape index (κ2) is 10.5. The van der Waals surface area contributed by atoms with Crippen LogP contribution in [-0.4, -0.2) is 53.7 Å². The van der Waals surface area contributed by atoms with E-state index < -0.39 is 18.1 Å². The van der Waals surface area contributed by atoms with E-state index in [-0.39, 0.29) is 42.6 Å². The number of carboxylic acid groups (broad SMARTS) is 1. The second-order valence-corrected chi connectivity index (χ2v) is 10.2. The molecule has 35 heavy (non-hydrogen) atoms. The summed E-state index contributed by atoms with van der Waals surface area (Å²) in [6, 6.07) is 15.6. The van der Waals surface area contributed by atoms with Gasteiger partial charge in [0, 0.05) is 19.0 Å². The van der Waals surface area contributed by atoms with Crippen LogP contribution in [0.15, 0.2) is 48.5 Å². The van der Waals surface area contributed by atoms with Gasteiger partial charge in [0.2, 0.25) is 5.91 Å². The van der Waals surface area contributed by atoms with Gasteiger partial charge in [-0.1, -0.05) is 69.3 Å². The molecule has 7 heteroatoms. The quantitative estimate of drug-likeness (QED) is 0.582. The Morgan fingerprint density at radius 2 is 1.63 bits per heavy atom. The number of carbonyl (C=O) groups excluding carboxylic acids is 2. The Balaban J connectivity index is 1.41. The number of rotatable bonds is 8. The molecule has 2 amide bonds. The lowest BCUT2D eigenvalue weighted by Gasteiger charge is -2.26. The molecule has 1 saturated heterocycles. The van der Waals surface area contributed by atoms with Crippen LogP contribution in [0.25, 0.3) is 11.1 Å². The predicted molar refractivity (Wildman–Crippen MR) is 133 cm³/mol. The van der Waals surface area contributed by atoms with Crippen LogP contribution in [0, 0.1) is 17.8 Å². The summed E-state index contributed by atoms with van der Waals surface area (Å²) >= 11 is 0. The Hall–Kier alpha value is -3.35. The van der Waals surface area contributed by atoms with Crippen molar-refractivity contribution >= 4 is 18.0 Å². The first-order chi connectivity index (χ1) is 16.7. The van der Waals surface area contributed by atoms with E-state index in [0.717, 1.165) is 22.3 Å². The van der Waals surface area contributed by atoms with Crippen molar-refractivity contribution < 1.29 is 24.2 Å². The molecule has 4 rings (SSSR count). The Kier molecular flexibility index (Phi) is 7.43. The van der Waals surface area contributed by atoms with Gasteiger partial charge < -0.3 is 20.1 Å². The highest BCUT2D eigenvalue weighted by Gasteiger charge is 2.37. The molecule has 3 atom stereocenters. The van der Waals surface area contributed by atoms with E-state index in [9.17, 15) is 14.4 Å². The van der Waals surface area contributed by atoms with Crippen molar-refractivity contribution in [2.75, 3.05) is 19.7 Å². The molecule has 0 radical (unpaired) electrons. The Labute approximate surface area is 206 Å². The van der Waals surface area contributed by atoms with E-state index in [0.29, 0.717) is 19.5 Å². The number of hydrogen-bond donors (Lipinski definition) is 2. The summed E-state index contributed by atoms with van der Waals surface area (Å²) in [5, 5.41) is 12.0. The van der Waals surface area contributed by atoms with E-state index in [2.05, 4.69) is 29.6 Å². The highest BCUT2D eigenvalue weighted by atomic mass is 16.5. The Morgan fingerprint density at radius 3 is 2.20 bits per heavy atom. The SMILES string of the molecule is CC(C)CC(NC(=O)OCC1c2ccccc2-c2ccccc21)C(=O)N1C[C@@H](CC(=O)O)[C@H](C)C1. The van der Waals surface area contributed by atoms with Gasteiger partial charge in [-0.15, -0.1) is 0 Å². The first kappa shape index (κ1) is 24.8. The summed E-state index contributed by atoms with van der Waals surface area (Å²) in [5.41, 5.74) is 4.58. The van der Waals surface area contributed by atoms with Crippen molar-refractivity contribution in [2.45, 2.75) is 45.6 Å². The fourth-order valence-corrected chi connectivity index (χ4v) is 5.40. The first-order valence-electron chi connectivity index (χ1n) is 12.4. The number of aliphatic carboxylic acids is 1. The minimum Gasteiger partial charge on any atom is -0.481 e. The van der Waals surface area contributed by atoms with Gasteiger partial charge in [-0.05, 0) is 46.4 Å². The van der Waals surface area contributed by atoms with Gasteiger partial charge >= 0.3 is 12.1 Å². The molecule has 0 aromatic heterocycles. The number of benzene rings is 2. The van der Waals surface area contributed by atoms with Gasteiger partial charge in [0.25, 0.3) is 0 Å². The summed E-state index contributed by atoms with van der Waals surface area (Å²) in [7, 11) is 0. The Bertz CT molecular complexity index is 1050. The van der Waals surface area contributed by atoms with Crippen molar-refractivity contribution in [3.8, 4) is 11.1 Å². The molecule has 0 saturated carbocycles. The van der Waals surface area contributed by atoms with E-state index in [1.165, 1.54) is 0 Å². The van der Waals surface area contributed by atoms with Crippen molar-refractivity contribution in [3.63, 3.8) is 0 Å². The lowest BCUT2D eigenvalue weighted by molar-refractivity contribution is -0.139. The molecule has 1 heterocycles. The molecule has 7 nitrogen and oxygen atoms in total. The summed E-state index contributed by atoms with van der Waals surface area (Å²) in [5.74, 6) is -0.871. The minimum atomic E-state index is -0.855. The number of alkyl carbamates (subject to hydrolysis) is 1. The second-order valence-electron chi connectivity index (χ2n) is 10.2. The predicted octanol–water partition coefficient (Wildman–Crippen LogP) is 4.51. The van der Waals surface area contributed by atoms with E-state index >= 15 is 0 Å². The number of nitrogens with one attached hydrogen (secondary N) is 1. The molecule has 1 fully saturated rings. The zero-order chi connectivity index (χ0) is 25.1. The van der Waals surface area contributed by atoms with Gasteiger partial charge in [-0.2, -0.15) is 0 Å². The number of ether oxygens (including phenoxy) is 1. The van der Waals surface area contributed by atoms with Gasteiger partial charge in [0.1, 0.15) is 12.6 Å². The maximum atomic E-state index is 13.3. The number of likely N-dealkylation sites (tertiary alicyclic amines) is 1. The molecule has 186 valence electrons. The van der Waals surface area contributed by atoms with Crippen molar-refractivity contribution in [3.05, 3.63) is 59.7 Å². The van der Waals surface area contributed by atoms with Crippen molar-refractivity contribution in [1.82, 2.24) is 10.2 Å². The fourth-order valence-electron chi connectivity index (χ4n) is 5.40. The third-order valence-electron chi connectivity index (χ3n) is 7.16. The van der Waals surface area contributed by atoms with E-state index in [1.807, 2.05) is 45.0 Å². The van der Waals surface area contributed by atoms with E-state index in [4.69, 9.17) is 9.84 Å². The molecule has 2 aromatic carbocycles. The van der Waals surface area contributed by atoms with Gasteiger partial charge in [0.15, 0.2) is 0 Å². The van der Waals surface area contributed by atoms with Gasteiger partial charge in [-0.3, -0.25) is 9.59 Å². The van der Waals surface area contributed by atoms with E-state index in [1.54, 1.807) is 4.90 Å². The molecular weight excluding hydrogens is 444 g/mol. The van der Waals surface area contributed by atoms with Crippen LogP contribution in [0.3, 0.4) is 0 Å². The highest BCUT2D eigenvalue weighted by molar-refractivity contribution is 5.86. The summed E-state index contributed by atoms with van der Waals surface area (Å²) in [6.07, 6.45) is -0.0860. The molecule has 0 spiro atoms. The zero-order valence-electron chi connectivity index (χ0n) is 20.6. The monoisotopic (exact) mass is 478 g/mol. The number of hydrogen-bond acceptors (Lipinski definition) is 4. The highest BCUT2D eigenvalue weighted by Crippen LogP contribution is 2.44. The summed E-state index contributed by atoms with van der Waals surface area (Å²) in [6.45, 7) is 7.05. The van der Waals surface area contributed by atoms with Crippen molar-refractivity contribution in [2.24, 2.45) is 17.8 Å². The minimum absolute atomic E-state index is 0.0413. The molecular formula is C28H34N2O5. The maximum absolute atomic E-state index is 13.3. The average molecular weight is 479 g/mol. The standard InChI is InChI=1S/C28H34N2O5/c1-17(2)12-25(27(33)30-14-18(3)19(15-30)13-26(31)32)29-28(34)35-16-24-22-10-6-4-8-20(22)21-9-5-7-11-23(21)24/h4-11,17-19,24-25H,12-16H2,1-3H3,(H,29,34)(H,31,32)/t18-,19-,25?/m1/s1. The summed E-state index contributed by atoms with van der Waals surface area (Å²) in [4.78, 5) is 39.0. The van der Waals surface area contributed by atoms with Crippen molar-refractivity contribution in [1.29, 1.82) is 0 Å². The topological polar surface area (TPSA) is 95.9 Å². The number of nitrogens with zero attached hydrogens (tertiary/aromatic N) is 1. The lowest BCUT2D eigenvalue weighted by Crippen LogP contribution is -2.49. The van der Waals surface area contributed by atoms with Crippen LogP contribution in [-0.2, 0) is 14.3 Å². The number of carbonyl (C=O) groups is 3. The largest absolute Gasteiger partial charge is 0.481 e. The van der Waals surface area contributed by atoms with Crippen LogP contribution in [0.5, 0.6) is 0 Å². The third kappa shape index (κ3) is 5.50. The van der Waals surface area contributed by atoms with Crippen LogP contribution in [0.2, 0.25) is 0 Å². The van der Waals surface area contributed by atoms with Crippen LogP contribution < -0.4 is 5.32 Å². The summed E-state index contributed by atoms with van der Waals surface area (Å²) < 4.78 is 5.66. The number of amides is 2. The molecule has 0 bridgehead atoms. The molecule has 1 aliphatic carbocycles. The smallest absolute Gasteiger partial charge is 0.407 e. The maximum Gasteiger partial charge on any atom is 0.407 e. The first-order valence-corrected chi connectivity index (χ1v) is 12.4. The normalized spacial score (nSPS) is 19.8. The number of fused-ring (bicyclic) bond motifs is 3. The molecule has 2 aliphatic rings. The van der Waals surface area contributed by atoms with Crippen LogP contribution >= 0.6 is 0 Å². The van der Waals surface area contributed by atoms with Gasteiger partial charge in [0.05, 0.1) is 6.42 Å². The average Bonchev–Trinajstić information content (AvgIpc) is 3.33. The zero-order valence-corrected chi connectivity index (χ0v) is 20.6.